The van der Waals surface area contributed by atoms with E-state index in [2.05, 4.69) is 17.3 Å². The first-order valence-electron chi connectivity index (χ1n) is 5.36. The van der Waals surface area contributed by atoms with E-state index in [1.807, 2.05) is 0 Å². The standard InChI is InChI=1S/C10H22N2O/c1-12(8-2-3-9-13)10-4-6-11-7-5-10/h10-11,13H,2-9H2,1H3. The molecule has 0 aliphatic carbocycles. The highest BCUT2D eigenvalue weighted by Crippen LogP contribution is 2.10. The summed E-state index contributed by atoms with van der Waals surface area (Å²) in [5, 5.41) is 12.0. The van der Waals surface area contributed by atoms with Gasteiger partial charge in [0.25, 0.3) is 0 Å². The Labute approximate surface area is 81.1 Å². The summed E-state index contributed by atoms with van der Waals surface area (Å²) in [6.45, 7) is 3.79. The van der Waals surface area contributed by atoms with Crippen molar-refractivity contribution in [3.8, 4) is 0 Å². The molecular formula is C10H22N2O. The van der Waals surface area contributed by atoms with E-state index in [0.29, 0.717) is 6.61 Å². The SMILES string of the molecule is CN(CCCCO)C1CCNCC1. The average Bonchev–Trinajstić information content (AvgIpc) is 2.19. The zero-order valence-corrected chi connectivity index (χ0v) is 8.63. The fourth-order valence-electron chi connectivity index (χ4n) is 1.90. The van der Waals surface area contributed by atoms with E-state index < -0.39 is 0 Å². The molecule has 0 radical (unpaired) electrons. The van der Waals surface area contributed by atoms with Gasteiger partial charge in [0.15, 0.2) is 0 Å². The third-order valence-corrected chi connectivity index (χ3v) is 2.85. The summed E-state index contributed by atoms with van der Waals surface area (Å²) in [6, 6.07) is 0.764. The van der Waals surface area contributed by atoms with Gasteiger partial charge in [-0.05, 0) is 52.4 Å². The van der Waals surface area contributed by atoms with E-state index in [4.69, 9.17) is 5.11 Å². The first-order chi connectivity index (χ1) is 6.34. The van der Waals surface area contributed by atoms with Crippen molar-refractivity contribution in [3.05, 3.63) is 0 Å². The number of hydrogen-bond acceptors (Lipinski definition) is 3. The topological polar surface area (TPSA) is 35.5 Å². The summed E-state index contributed by atoms with van der Waals surface area (Å²) in [5.41, 5.74) is 0. The van der Waals surface area contributed by atoms with E-state index in [1.165, 1.54) is 12.8 Å². The molecule has 0 spiro atoms. The molecule has 1 rings (SSSR count). The van der Waals surface area contributed by atoms with Crippen molar-refractivity contribution in [2.45, 2.75) is 31.7 Å². The molecule has 3 nitrogen and oxygen atoms in total. The van der Waals surface area contributed by atoms with Gasteiger partial charge in [0.2, 0.25) is 0 Å². The average molecular weight is 186 g/mol. The van der Waals surface area contributed by atoms with Crippen LogP contribution in [-0.4, -0.2) is 49.3 Å². The summed E-state index contributed by atoms with van der Waals surface area (Å²) >= 11 is 0. The van der Waals surface area contributed by atoms with Crippen molar-refractivity contribution < 1.29 is 5.11 Å². The Morgan fingerprint density at radius 2 is 2.00 bits per heavy atom. The molecule has 0 atom stereocenters. The number of unbranched alkanes of at least 4 members (excludes halogenated alkanes) is 1. The maximum atomic E-state index is 8.66. The highest BCUT2D eigenvalue weighted by atomic mass is 16.2. The van der Waals surface area contributed by atoms with E-state index >= 15 is 0 Å². The van der Waals surface area contributed by atoms with Crippen LogP contribution in [0.5, 0.6) is 0 Å². The Morgan fingerprint density at radius 1 is 1.31 bits per heavy atom. The Morgan fingerprint density at radius 3 is 2.62 bits per heavy atom. The molecule has 0 aromatic carbocycles. The predicted octanol–water partition coefficient (Wildman–Crippen LogP) is 0.443. The molecule has 0 aromatic heterocycles. The molecule has 0 saturated carbocycles. The van der Waals surface area contributed by atoms with Crippen LogP contribution in [0.15, 0.2) is 0 Å². The van der Waals surface area contributed by atoms with Crippen molar-refractivity contribution in [3.63, 3.8) is 0 Å². The summed E-state index contributed by atoms with van der Waals surface area (Å²) in [4.78, 5) is 2.44. The monoisotopic (exact) mass is 186 g/mol. The van der Waals surface area contributed by atoms with Crippen molar-refractivity contribution in [1.29, 1.82) is 0 Å². The summed E-state index contributed by atoms with van der Waals surface area (Å²) in [6.07, 6.45) is 4.61. The van der Waals surface area contributed by atoms with Crippen LogP contribution >= 0.6 is 0 Å². The van der Waals surface area contributed by atoms with Gasteiger partial charge in [0.1, 0.15) is 0 Å². The lowest BCUT2D eigenvalue weighted by Crippen LogP contribution is -2.41. The Kier molecular flexibility index (Phi) is 5.35. The molecule has 0 aromatic rings. The lowest BCUT2D eigenvalue weighted by Gasteiger charge is -2.31. The number of nitrogens with zero attached hydrogens (tertiary/aromatic N) is 1. The molecule has 2 N–H and O–H groups in total. The minimum atomic E-state index is 0.333. The molecule has 1 aliphatic heterocycles. The quantitative estimate of drug-likeness (QED) is 0.612. The molecule has 13 heavy (non-hydrogen) atoms. The second kappa shape index (κ2) is 6.35. The molecule has 1 heterocycles. The third-order valence-electron chi connectivity index (χ3n) is 2.85. The normalized spacial score (nSPS) is 19.6. The van der Waals surface area contributed by atoms with E-state index in [0.717, 1.165) is 38.5 Å². The van der Waals surface area contributed by atoms with Crippen LogP contribution in [-0.2, 0) is 0 Å². The lowest BCUT2D eigenvalue weighted by molar-refractivity contribution is 0.188. The second-order valence-corrected chi connectivity index (χ2v) is 3.89. The van der Waals surface area contributed by atoms with Gasteiger partial charge in [-0.2, -0.15) is 0 Å². The van der Waals surface area contributed by atoms with Gasteiger partial charge in [-0.3, -0.25) is 0 Å². The number of aliphatic hydroxyl groups is 1. The van der Waals surface area contributed by atoms with E-state index in [9.17, 15) is 0 Å². The highest BCUT2D eigenvalue weighted by molar-refractivity contribution is 4.75. The fourth-order valence-corrected chi connectivity index (χ4v) is 1.90. The Hall–Kier alpha value is -0.120. The second-order valence-electron chi connectivity index (χ2n) is 3.89. The zero-order valence-electron chi connectivity index (χ0n) is 8.63. The minimum Gasteiger partial charge on any atom is -0.396 e. The minimum absolute atomic E-state index is 0.333. The van der Waals surface area contributed by atoms with Crippen LogP contribution in [0.4, 0.5) is 0 Å². The molecule has 0 unspecified atom stereocenters. The van der Waals surface area contributed by atoms with Gasteiger partial charge in [-0.15, -0.1) is 0 Å². The van der Waals surface area contributed by atoms with Crippen LogP contribution in [0.2, 0.25) is 0 Å². The third kappa shape index (κ3) is 4.07. The summed E-state index contributed by atoms with van der Waals surface area (Å²) in [5.74, 6) is 0. The van der Waals surface area contributed by atoms with Crippen molar-refractivity contribution in [2.24, 2.45) is 0 Å². The van der Waals surface area contributed by atoms with E-state index in [1.54, 1.807) is 0 Å². The van der Waals surface area contributed by atoms with E-state index in [-0.39, 0.29) is 0 Å². The fraction of sp³-hybridized carbons (Fsp3) is 1.00. The molecule has 78 valence electrons. The van der Waals surface area contributed by atoms with Crippen LogP contribution in [0.1, 0.15) is 25.7 Å². The molecule has 1 aliphatic rings. The van der Waals surface area contributed by atoms with Crippen molar-refractivity contribution in [1.82, 2.24) is 10.2 Å². The smallest absolute Gasteiger partial charge is 0.0431 e. The number of nitrogens with one attached hydrogen (secondary N) is 1. The lowest BCUT2D eigenvalue weighted by atomic mass is 10.1. The summed E-state index contributed by atoms with van der Waals surface area (Å²) < 4.78 is 0. The largest absolute Gasteiger partial charge is 0.396 e. The molecule has 3 heteroatoms. The Bertz CT molecular complexity index is 124. The van der Waals surface area contributed by atoms with Gasteiger partial charge in [0.05, 0.1) is 0 Å². The first kappa shape index (κ1) is 11.0. The van der Waals surface area contributed by atoms with Crippen LogP contribution in [0.3, 0.4) is 0 Å². The predicted molar refractivity (Wildman–Crippen MR) is 54.8 cm³/mol. The van der Waals surface area contributed by atoms with Crippen molar-refractivity contribution in [2.75, 3.05) is 33.3 Å². The van der Waals surface area contributed by atoms with Gasteiger partial charge in [0, 0.05) is 12.6 Å². The maximum absolute atomic E-state index is 8.66. The molecule has 0 bridgehead atoms. The number of rotatable bonds is 5. The van der Waals surface area contributed by atoms with Gasteiger partial charge in [-0.1, -0.05) is 0 Å². The molecule has 1 fully saturated rings. The Balaban J connectivity index is 2.09. The maximum Gasteiger partial charge on any atom is 0.0431 e. The molecule has 0 amide bonds. The molecular weight excluding hydrogens is 164 g/mol. The van der Waals surface area contributed by atoms with Crippen LogP contribution < -0.4 is 5.32 Å². The number of aliphatic hydroxyl groups excluding tert-OH is 1. The van der Waals surface area contributed by atoms with Crippen molar-refractivity contribution >= 4 is 0 Å². The molecule has 1 saturated heterocycles. The van der Waals surface area contributed by atoms with Gasteiger partial charge < -0.3 is 15.3 Å². The van der Waals surface area contributed by atoms with Gasteiger partial charge in [-0.25, -0.2) is 0 Å². The van der Waals surface area contributed by atoms with Gasteiger partial charge >= 0.3 is 0 Å². The summed E-state index contributed by atoms with van der Waals surface area (Å²) in [7, 11) is 2.20. The zero-order chi connectivity index (χ0) is 9.52. The van der Waals surface area contributed by atoms with Crippen LogP contribution in [0, 0.1) is 0 Å². The van der Waals surface area contributed by atoms with Crippen LogP contribution in [0.25, 0.3) is 0 Å². The highest BCUT2D eigenvalue weighted by Gasteiger charge is 2.16. The first-order valence-corrected chi connectivity index (χ1v) is 5.36. The number of piperidine rings is 1. The number of hydrogen-bond donors (Lipinski definition) is 2.